The minimum Gasteiger partial charge on any atom is -0.356 e. The Hall–Kier alpha value is -0.640. The molecular formula is C14H22BrN3. The summed E-state index contributed by atoms with van der Waals surface area (Å²) in [6, 6.07) is 2.14. The molecule has 1 saturated heterocycles. The van der Waals surface area contributed by atoms with E-state index in [0.29, 0.717) is 4.83 Å². The molecule has 1 aromatic rings. The number of halogens is 1. The minimum atomic E-state index is 0.623. The van der Waals surface area contributed by atoms with E-state index in [1.807, 2.05) is 6.92 Å². The fraction of sp³-hybridized carbons (Fsp3) is 0.714. The van der Waals surface area contributed by atoms with Gasteiger partial charge in [0, 0.05) is 29.7 Å². The van der Waals surface area contributed by atoms with Crippen molar-refractivity contribution in [2.45, 2.75) is 44.9 Å². The maximum atomic E-state index is 4.58. The maximum Gasteiger partial charge on any atom is 0.132 e. The van der Waals surface area contributed by atoms with Gasteiger partial charge in [-0.25, -0.2) is 9.97 Å². The number of rotatable bonds is 3. The summed E-state index contributed by atoms with van der Waals surface area (Å²) >= 11 is 3.70. The first kappa shape index (κ1) is 13.8. The third-order valence-corrected chi connectivity index (χ3v) is 4.50. The zero-order chi connectivity index (χ0) is 13.1. The number of anilines is 1. The summed E-state index contributed by atoms with van der Waals surface area (Å²) < 4.78 is 0. The van der Waals surface area contributed by atoms with Gasteiger partial charge >= 0.3 is 0 Å². The van der Waals surface area contributed by atoms with Crippen molar-refractivity contribution < 1.29 is 0 Å². The molecule has 1 aliphatic heterocycles. The SMILES string of the molecule is CCc1cc(N2CCC(C(C)Br)CC2)nc(C)n1. The second kappa shape index (κ2) is 6.00. The molecule has 1 aliphatic rings. The summed E-state index contributed by atoms with van der Waals surface area (Å²) in [5.41, 5.74) is 1.15. The highest BCUT2D eigenvalue weighted by Crippen LogP contribution is 2.27. The fourth-order valence-electron chi connectivity index (χ4n) is 2.54. The third kappa shape index (κ3) is 3.22. The Morgan fingerprint density at radius 3 is 2.61 bits per heavy atom. The Morgan fingerprint density at radius 1 is 1.39 bits per heavy atom. The van der Waals surface area contributed by atoms with Gasteiger partial charge < -0.3 is 4.90 Å². The summed E-state index contributed by atoms with van der Waals surface area (Å²) in [6.45, 7) is 8.60. The van der Waals surface area contributed by atoms with Crippen molar-refractivity contribution in [3.8, 4) is 0 Å². The summed E-state index contributed by atoms with van der Waals surface area (Å²) in [6.07, 6.45) is 3.47. The van der Waals surface area contributed by atoms with Crippen LogP contribution in [0, 0.1) is 12.8 Å². The predicted molar refractivity (Wildman–Crippen MR) is 79.5 cm³/mol. The molecule has 1 fully saturated rings. The lowest BCUT2D eigenvalue weighted by molar-refractivity contribution is 0.405. The van der Waals surface area contributed by atoms with Crippen molar-refractivity contribution in [2.75, 3.05) is 18.0 Å². The average molecular weight is 312 g/mol. The van der Waals surface area contributed by atoms with Gasteiger partial charge in [-0.1, -0.05) is 29.8 Å². The second-order valence-corrected chi connectivity index (χ2v) is 6.56. The first-order valence-electron chi connectivity index (χ1n) is 6.83. The standard InChI is InChI=1S/C14H22BrN3/c1-4-13-9-14(17-11(3)16-13)18-7-5-12(6-8-18)10(2)15/h9-10,12H,4-8H2,1-3H3. The number of nitrogens with zero attached hydrogens (tertiary/aromatic N) is 3. The number of aromatic nitrogens is 2. The lowest BCUT2D eigenvalue weighted by Gasteiger charge is -2.34. The van der Waals surface area contributed by atoms with E-state index in [9.17, 15) is 0 Å². The van der Waals surface area contributed by atoms with Gasteiger partial charge in [-0.15, -0.1) is 0 Å². The van der Waals surface area contributed by atoms with E-state index in [4.69, 9.17) is 0 Å². The van der Waals surface area contributed by atoms with Crippen LogP contribution in [0.3, 0.4) is 0 Å². The van der Waals surface area contributed by atoms with Crippen molar-refractivity contribution in [1.82, 2.24) is 9.97 Å². The van der Waals surface area contributed by atoms with E-state index in [-0.39, 0.29) is 0 Å². The summed E-state index contributed by atoms with van der Waals surface area (Å²) in [4.78, 5) is 12.0. The maximum absolute atomic E-state index is 4.58. The van der Waals surface area contributed by atoms with Crippen LogP contribution in [0.1, 0.15) is 38.2 Å². The Morgan fingerprint density at radius 2 is 2.06 bits per heavy atom. The van der Waals surface area contributed by atoms with Crippen LogP contribution < -0.4 is 4.90 Å². The van der Waals surface area contributed by atoms with Gasteiger partial charge in [0.25, 0.3) is 0 Å². The van der Waals surface area contributed by atoms with Crippen molar-refractivity contribution in [3.63, 3.8) is 0 Å². The van der Waals surface area contributed by atoms with Crippen LogP contribution in [0.4, 0.5) is 5.82 Å². The molecule has 0 aromatic carbocycles. The van der Waals surface area contributed by atoms with Crippen LogP contribution in [0.15, 0.2) is 6.07 Å². The van der Waals surface area contributed by atoms with Gasteiger partial charge in [-0.2, -0.15) is 0 Å². The number of hydrogen-bond acceptors (Lipinski definition) is 3. The minimum absolute atomic E-state index is 0.623. The highest BCUT2D eigenvalue weighted by molar-refractivity contribution is 9.09. The van der Waals surface area contributed by atoms with E-state index in [1.165, 1.54) is 12.8 Å². The molecule has 1 atom stereocenters. The molecule has 2 rings (SSSR count). The van der Waals surface area contributed by atoms with Gasteiger partial charge in [0.15, 0.2) is 0 Å². The fourth-order valence-corrected chi connectivity index (χ4v) is 3.07. The monoisotopic (exact) mass is 311 g/mol. The molecule has 18 heavy (non-hydrogen) atoms. The Kier molecular flexibility index (Phi) is 4.60. The van der Waals surface area contributed by atoms with Crippen LogP contribution in [0.2, 0.25) is 0 Å². The number of aryl methyl sites for hydroxylation is 2. The van der Waals surface area contributed by atoms with Gasteiger partial charge in [0.1, 0.15) is 11.6 Å². The highest BCUT2D eigenvalue weighted by Gasteiger charge is 2.23. The largest absolute Gasteiger partial charge is 0.356 e. The molecule has 100 valence electrons. The lowest BCUT2D eigenvalue weighted by Crippen LogP contribution is -2.36. The molecule has 0 saturated carbocycles. The molecule has 2 heterocycles. The summed E-state index contributed by atoms with van der Waals surface area (Å²) in [5.74, 6) is 2.80. The number of hydrogen-bond donors (Lipinski definition) is 0. The molecule has 0 N–H and O–H groups in total. The van der Waals surface area contributed by atoms with Crippen LogP contribution in [-0.4, -0.2) is 27.9 Å². The average Bonchev–Trinajstić information content (AvgIpc) is 2.38. The summed E-state index contributed by atoms with van der Waals surface area (Å²) in [7, 11) is 0. The smallest absolute Gasteiger partial charge is 0.132 e. The zero-order valence-electron chi connectivity index (χ0n) is 11.5. The van der Waals surface area contributed by atoms with Crippen molar-refractivity contribution in [1.29, 1.82) is 0 Å². The van der Waals surface area contributed by atoms with Crippen LogP contribution in [0.5, 0.6) is 0 Å². The van der Waals surface area contributed by atoms with E-state index < -0.39 is 0 Å². The van der Waals surface area contributed by atoms with Gasteiger partial charge in [0.05, 0.1) is 0 Å². The molecular weight excluding hydrogens is 290 g/mol. The topological polar surface area (TPSA) is 29.0 Å². The van der Waals surface area contributed by atoms with Gasteiger partial charge in [0.2, 0.25) is 0 Å². The van der Waals surface area contributed by atoms with E-state index in [1.54, 1.807) is 0 Å². The molecule has 1 unspecified atom stereocenters. The normalized spacial score (nSPS) is 19.0. The lowest BCUT2D eigenvalue weighted by atomic mass is 9.94. The third-order valence-electron chi connectivity index (χ3n) is 3.75. The molecule has 0 spiro atoms. The predicted octanol–water partition coefficient (Wildman–Crippen LogP) is 3.35. The second-order valence-electron chi connectivity index (χ2n) is 5.12. The van der Waals surface area contributed by atoms with Gasteiger partial charge in [-0.05, 0) is 32.1 Å². The Labute approximate surface area is 118 Å². The Balaban J connectivity index is 2.07. The van der Waals surface area contributed by atoms with E-state index >= 15 is 0 Å². The quantitative estimate of drug-likeness (QED) is 0.802. The molecule has 1 aromatic heterocycles. The Bertz CT molecular complexity index is 398. The first-order valence-corrected chi connectivity index (χ1v) is 7.75. The zero-order valence-corrected chi connectivity index (χ0v) is 13.1. The van der Waals surface area contributed by atoms with Crippen LogP contribution >= 0.6 is 15.9 Å². The summed E-state index contributed by atoms with van der Waals surface area (Å²) in [5, 5.41) is 0. The van der Waals surface area contributed by atoms with Crippen LogP contribution in [0.25, 0.3) is 0 Å². The number of piperidine rings is 1. The molecule has 0 radical (unpaired) electrons. The number of alkyl halides is 1. The van der Waals surface area contributed by atoms with Crippen molar-refractivity contribution in [3.05, 3.63) is 17.6 Å². The first-order chi connectivity index (χ1) is 8.60. The molecule has 4 heteroatoms. The highest BCUT2D eigenvalue weighted by atomic mass is 79.9. The van der Waals surface area contributed by atoms with Crippen LogP contribution in [-0.2, 0) is 6.42 Å². The molecule has 0 bridgehead atoms. The van der Waals surface area contributed by atoms with E-state index in [2.05, 4.69) is 50.7 Å². The van der Waals surface area contributed by atoms with E-state index in [0.717, 1.165) is 42.8 Å². The molecule has 0 aliphatic carbocycles. The molecule has 0 amide bonds. The van der Waals surface area contributed by atoms with Gasteiger partial charge in [-0.3, -0.25) is 0 Å². The van der Waals surface area contributed by atoms with Crippen molar-refractivity contribution in [2.24, 2.45) is 5.92 Å². The van der Waals surface area contributed by atoms with Crippen molar-refractivity contribution >= 4 is 21.7 Å². The molecule has 3 nitrogen and oxygen atoms in total.